The number of nitrogens with zero attached hydrogens (tertiary/aromatic N) is 4. The molecule has 1 aromatic heterocycles. The van der Waals surface area contributed by atoms with Gasteiger partial charge in [-0.15, -0.1) is 0 Å². The molecule has 38 heavy (non-hydrogen) atoms. The molecule has 8 heteroatoms. The first-order valence-electron chi connectivity index (χ1n) is 14.2. The zero-order valence-electron chi connectivity index (χ0n) is 22.1. The van der Waals surface area contributed by atoms with E-state index in [0.29, 0.717) is 45.4 Å². The summed E-state index contributed by atoms with van der Waals surface area (Å²) < 4.78 is 0. The Hall–Kier alpha value is -3.42. The second-order valence-electron chi connectivity index (χ2n) is 10.8. The molecule has 202 valence electrons. The summed E-state index contributed by atoms with van der Waals surface area (Å²) in [6.07, 6.45) is 7.12. The fraction of sp³-hybridized carbons (Fsp3) is 0.533. The van der Waals surface area contributed by atoms with Crippen LogP contribution in [0.1, 0.15) is 44.1 Å². The lowest BCUT2D eigenvalue weighted by Gasteiger charge is -2.36. The Bertz CT molecular complexity index is 1090. The minimum atomic E-state index is -0.350. The SMILES string of the molecule is O=C1NCCCCCCN(C(=O)Cc2ccccc2)[C@@H]2C[C@@H](C(=O)N3CCN(c4ccccn4)CC3)C[C@H]12. The number of rotatable bonds is 4. The van der Waals surface area contributed by atoms with E-state index in [1.54, 1.807) is 6.20 Å². The van der Waals surface area contributed by atoms with Crippen LogP contribution in [0.25, 0.3) is 0 Å². The Morgan fingerprint density at radius 1 is 0.868 bits per heavy atom. The number of nitrogens with one attached hydrogen (secondary N) is 1. The molecular formula is C30H39N5O3. The first kappa shape index (κ1) is 26.2. The molecule has 0 bridgehead atoms. The number of hydrogen-bond donors (Lipinski definition) is 1. The van der Waals surface area contributed by atoms with Crippen molar-refractivity contribution in [3.8, 4) is 0 Å². The van der Waals surface area contributed by atoms with E-state index in [0.717, 1.165) is 50.2 Å². The van der Waals surface area contributed by atoms with Crippen molar-refractivity contribution in [1.29, 1.82) is 0 Å². The van der Waals surface area contributed by atoms with Gasteiger partial charge in [0.05, 0.1) is 12.3 Å². The van der Waals surface area contributed by atoms with Crippen molar-refractivity contribution in [1.82, 2.24) is 20.1 Å². The second kappa shape index (κ2) is 12.4. The molecular weight excluding hydrogens is 478 g/mol. The quantitative estimate of drug-likeness (QED) is 0.674. The average molecular weight is 518 g/mol. The van der Waals surface area contributed by atoms with Gasteiger partial charge in [0.1, 0.15) is 5.82 Å². The first-order chi connectivity index (χ1) is 18.6. The number of piperazine rings is 1. The maximum atomic E-state index is 13.7. The molecule has 3 atom stereocenters. The van der Waals surface area contributed by atoms with Crippen LogP contribution in [-0.2, 0) is 20.8 Å². The molecule has 2 saturated heterocycles. The third-order valence-electron chi connectivity index (χ3n) is 8.32. The lowest BCUT2D eigenvalue weighted by molar-refractivity contribution is -0.137. The Morgan fingerprint density at radius 2 is 1.63 bits per heavy atom. The molecule has 1 aromatic carbocycles. The summed E-state index contributed by atoms with van der Waals surface area (Å²) in [5, 5.41) is 3.11. The predicted molar refractivity (Wildman–Crippen MR) is 146 cm³/mol. The van der Waals surface area contributed by atoms with E-state index >= 15 is 0 Å². The van der Waals surface area contributed by atoms with E-state index in [9.17, 15) is 14.4 Å². The molecule has 8 nitrogen and oxygen atoms in total. The zero-order valence-corrected chi connectivity index (χ0v) is 22.1. The number of hydrogen-bond acceptors (Lipinski definition) is 5. The van der Waals surface area contributed by atoms with Gasteiger partial charge in [0.25, 0.3) is 0 Å². The third-order valence-corrected chi connectivity index (χ3v) is 8.32. The molecule has 0 unspecified atom stereocenters. The monoisotopic (exact) mass is 517 g/mol. The third kappa shape index (κ3) is 6.17. The minimum Gasteiger partial charge on any atom is -0.356 e. The molecule has 2 aliphatic heterocycles. The molecule has 2 aromatic rings. The molecule has 1 saturated carbocycles. The van der Waals surface area contributed by atoms with E-state index < -0.39 is 0 Å². The number of anilines is 1. The largest absolute Gasteiger partial charge is 0.356 e. The van der Waals surface area contributed by atoms with Crippen LogP contribution in [0.5, 0.6) is 0 Å². The van der Waals surface area contributed by atoms with Crippen molar-refractivity contribution in [3.63, 3.8) is 0 Å². The van der Waals surface area contributed by atoms with E-state index in [2.05, 4.69) is 15.2 Å². The summed E-state index contributed by atoms with van der Waals surface area (Å²) in [4.78, 5) is 51.1. The van der Waals surface area contributed by atoms with Gasteiger partial charge in [0, 0.05) is 57.4 Å². The summed E-state index contributed by atoms with van der Waals surface area (Å²) in [6, 6.07) is 15.4. The van der Waals surface area contributed by atoms with Gasteiger partial charge in [-0.3, -0.25) is 14.4 Å². The molecule has 3 heterocycles. The van der Waals surface area contributed by atoms with Crippen LogP contribution < -0.4 is 10.2 Å². The predicted octanol–water partition coefficient (Wildman–Crippen LogP) is 2.89. The zero-order chi connectivity index (χ0) is 26.3. The summed E-state index contributed by atoms with van der Waals surface area (Å²) in [5.41, 5.74) is 0.976. The van der Waals surface area contributed by atoms with Crippen LogP contribution in [0, 0.1) is 11.8 Å². The van der Waals surface area contributed by atoms with E-state index in [4.69, 9.17) is 0 Å². The van der Waals surface area contributed by atoms with Crippen LogP contribution in [-0.4, -0.2) is 77.8 Å². The number of pyridine rings is 1. The van der Waals surface area contributed by atoms with Crippen molar-refractivity contribution in [3.05, 3.63) is 60.3 Å². The van der Waals surface area contributed by atoms with Gasteiger partial charge in [-0.1, -0.05) is 49.2 Å². The Balaban J connectivity index is 1.29. The molecule has 3 fully saturated rings. The number of carbonyl (C=O) groups is 3. The van der Waals surface area contributed by atoms with Gasteiger partial charge >= 0.3 is 0 Å². The normalized spacial score (nSPS) is 24.8. The fourth-order valence-corrected chi connectivity index (χ4v) is 6.25. The highest BCUT2D eigenvalue weighted by Crippen LogP contribution is 2.37. The Morgan fingerprint density at radius 3 is 2.39 bits per heavy atom. The number of fused-ring (bicyclic) bond motifs is 1. The molecule has 0 spiro atoms. The highest BCUT2D eigenvalue weighted by atomic mass is 16.2. The van der Waals surface area contributed by atoms with Gasteiger partial charge in [-0.2, -0.15) is 0 Å². The summed E-state index contributed by atoms with van der Waals surface area (Å²) in [6.45, 7) is 4.07. The van der Waals surface area contributed by atoms with E-state index in [1.807, 2.05) is 58.3 Å². The van der Waals surface area contributed by atoms with Gasteiger partial charge in [0.15, 0.2) is 0 Å². The van der Waals surface area contributed by atoms with Crippen LogP contribution >= 0.6 is 0 Å². The minimum absolute atomic E-state index is 0.00955. The van der Waals surface area contributed by atoms with Gasteiger partial charge < -0.3 is 20.0 Å². The smallest absolute Gasteiger partial charge is 0.227 e. The topological polar surface area (TPSA) is 85.8 Å². The van der Waals surface area contributed by atoms with Crippen molar-refractivity contribution in [2.45, 2.75) is 51.0 Å². The van der Waals surface area contributed by atoms with E-state index in [-0.39, 0.29) is 35.6 Å². The highest BCUT2D eigenvalue weighted by Gasteiger charge is 2.46. The molecule has 0 radical (unpaired) electrons. The Labute approximate surface area is 225 Å². The number of aromatic nitrogens is 1. The van der Waals surface area contributed by atoms with Crippen molar-refractivity contribution in [2.24, 2.45) is 11.8 Å². The summed E-state index contributed by atoms with van der Waals surface area (Å²) in [5.74, 6) is 0.503. The maximum Gasteiger partial charge on any atom is 0.227 e. The van der Waals surface area contributed by atoms with E-state index in [1.165, 1.54) is 0 Å². The number of carbonyl (C=O) groups excluding carboxylic acids is 3. The lowest BCUT2D eigenvalue weighted by Crippen LogP contribution is -2.50. The molecule has 3 aliphatic rings. The van der Waals surface area contributed by atoms with Crippen LogP contribution in [0.3, 0.4) is 0 Å². The second-order valence-corrected chi connectivity index (χ2v) is 10.8. The number of benzene rings is 1. The molecule has 3 amide bonds. The first-order valence-corrected chi connectivity index (χ1v) is 14.2. The fourth-order valence-electron chi connectivity index (χ4n) is 6.25. The highest BCUT2D eigenvalue weighted by molar-refractivity contribution is 5.86. The lowest BCUT2D eigenvalue weighted by atomic mass is 9.99. The van der Waals surface area contributed by atoms with Crippen molar-refractivity contribution in [2.75, 3.05) is 44.2 Å². The molecule has 1 aliphatic carbocycles. The van der Waals surface area contributed by atoms with Crippen LogP contribution in [0.2, 0.25) is 0 Å². The molecule has 5 rings (SSSR count). The van der Waals surface area contributed by atoms with Gasteiger partial charge in [-0.05, 0) is 43.4 Å². The number of amides is 3. The van der Waals surface area contributed by atoms with Crippen LogP contribution in [0.4, 0.5) is 5.82 Å². The molecule has 1 N–H and O–H groups in total. The van der Waals surface area contributed by atoms with Crippen molar-refractivity contribution >= 4 is 23.5 Å². The average Bonchev–Trinajstić information content (AvgIpc) is 3.39. The summed E-state index contributed by atoms with van der Waals surface area (Å²) >= 11 is 0. The van der Waals surface area contributed by atoms with Gasteiger partial charge in [0.2, 0.25) is 17.7 Å². The Kier molecular flexibility index (Phi) is 8.56. The standard InChI is InChI=1S/C30H39N5O3/c36-28(20-23-10-4-3-5-11-23)35-15-9-2-1-7-14-32-29(37)25-21-24(22-26(25)35)30(38)34-18-16-33(17-19-34)27-12-6-8-13-31-27/h3-6,8,10-13,24-26H,1-2,7,9,14-22H2,(H,32,37)/t24-,25-,26+/m0/s1. The van der Waals surface area contributed by atoms with Crippen LogP contribution in [0.15, 0.2) is 54.7 Å². The maximum absolute atomic E-state index is 13.7. The van der Waals surface area contributed by atoms with Gasteiger partial charge in [-0.25, -0.2) is 4.98 Å². The summed E-state index contributed by atoms with van der Waals surface area (Å²) in [7, 11) is 0. The van der Waals surface area contributed by atoms with Crippen molar-refractivity contribution < 1.29 is 14.4 Å².